The highest BCUT2D eigenvalue weighted by atomic mass is 79.9. The number of nitrogens with zero attached hydrogens (tertiary/aromatic N) is 3. The van der Waals surface area contributed by atoms with E-state index in [1.807, 2.05) is 54.6 Å². The molecule has 0 unspecified atom stereocenters. The molecule has 0 bridgehead atoms. The van der Waals surface area contributed by atoms with Crippen molar-refractivity contribution in [1.82, 2.24) is 9.47 Å². The van der Waals surface area contributed by atoms with Crippen molar-refractivity contribution in [3.8, 4) is 6.07 Å². The van der Waals surface area contributed by atoms with E-state index in [0.717, 1.165) is 27.7 Å². The zero-order valence-electron chi connectivity index (χ0n) is 16.9. The number of carbonyl (C=O) groups excluding carboxylic acids is 1. The van der Waals surface area contributed by atoms with Gasteiger partial charge in [-0.05, 0) is 50.6 Å². The fraction of sp³-hybridized carbons (Fsp3) is 0.429. The van der Waals surface area contributed by atoms with E-state index in [0.29, 0.717) is 31.1 Å². The summed E-state index contributed by atoms with van der Waals surface area (Å²) in [6, 6.07) is 10.3. The molecule has 2 aromatic rings. The summed E-state index contributed by atoms with van der Waals surface area (Å²) in [5.74, 6) is 0.442. The van der Waals surface area contributed by atoms with Crippen LogP contribution in [0.5, 0.6) is 0 Å². The van der Waals surface area contributed by atoms with Gasteiger partial charge < -0.3 is 14.6 Å². The number of hydrogen-bond acceptors (Lipinski definition) is 4. The van der Waals surface area contributed by atoms with Crippen LogP contribution in [0.15, 0.2) is 28.7 Å². The second kappa shape index (κ2) is 10.4. The van der Waals surface area contributed by atoms with E-state index in [4.69, 9.17) is 4.74 Å². The molecule has 1 heterocycles. The zero-order valence-corrected chi connectivity index (χ0v) is 18.5. The fourth-order valence-corrected chi connectivity index (χ4v) is 3.42. The van der Waals surface area contributed by atoms with Crippen LogP contribution in [0.4, 0.5) is 5.82 Å². The number of anilines is 1. The number of amides is 1. The van der Waals surface area contributed by atoms with Crippen LogP contribution in [0.25, 0.3) is 0 Å². The quantitative estimate of drug-likeness (QED) is 0.593. The van der Waals surface area contributed by atoms with Crippen molar-refractivity contribution >= 4 is 27.7 Å². The molecule has 0 aliphatic rings. The van der Waals surface area contributed by atoms with Gasteiger partial charge in [0.2, 0.25) is 5.91 Å². The number of carbonyl (C=O) groups is 1. The van der Waals surface area contributed by atoms with Crippen molar-refractivity contribution in [2.75, 3.05) is 32.6 Å². The summed E-state index contributed by atoms with van der Waals surface area (Å²) in [6.07, 6.45) is 0.808. The first-order valence-electron chi connectivity index (χ1n) is 9.19. The van der Waals surface area contributed by atoms with Gasteiger partial charge >= 0.3 is 0 Å². The summed E-state index contributed by atoms with van der Waals surface area (Å²) < 4.78 is 8.16. The summed E-state index contributed by atoms with van der Waals surface area (Å²) in [5, 5.41) is 12.5. The van der Waals surface area contributed by atoms with Gasteiger partial charge in [-0.3, -0.25) is 9.69 Å². The SMILES string of the molecule is COCCCn1c(C)c(C)c(C#N)c1NC(=O)CN(C)Cc1ccc(Br)cc1. The number of nitriles is 1. The van der Waals surface area contributed by atoms with E-state index in [1.165, 1.54) is 0 Å². The van der Waals surface area contributed by atoms with E-state index in [-0.39, 0.29) is 12.5 Å². The van der Waals surface area contributed by atoms with Gasteiger partial charge in [-0.1, -0.05) is 28.1 Å². The van der Waals surface area contributed by atoms with Crippen LogP contribution in [0, 0.1) is 25.2 Å². The zero-order chi connectivity index (χ0) is 20.7. The number of benzene rings is 1. The third-order valence-electron chi connectivity index (χ3n) is 4.71. The number of rotatable bonds is 9. The van der Waals surface area contributed by atoms with E-state index in [2.05, 4.69) is 27.3 Å². The summed E-state index contributed by atoms with van der Waals surface area (Å²) in [7, 11) is 3.57. The lowest BCUT2D eigenvalue weighted by atomic mass is 10.2. The van der Waals surface area contributed by atoms with Gasteiger partial charge in [0.05, 0.1) is 12.1 Å². The molecule has 0 fully saturated rings. The molecule has 1 amide bonds. The Bertz CT molecular complexity index is 853. The van der Waals surface area contributed by atoms with Gasteiger partial charge in [0.15, 0.2) is 0 Å². The van der Waals surface area contributed by atoms with E-state index in [9.17, 15) is 10.1 Å². The Morgan fingerprint density at radius 3 is 2.61 bits per heavy atom. The first-order chi connectivity index (χ1) is 13.4. The molecule has 7 heteroatoms. The van der Waals surface area contributed by atoms with Crippen LogP contribution < -0.4 is 5.32 Å². The van der Waals surface area contributed by atoms with Crippen LogP contribution in [-0.2, 0) is 22.6 Å². The lowest BCUT2D eigenvalue weighted by molar-refractivity contribution is -0.117. The first-order valence-corrected chi connectivity index (χ1v) is 9.98. The molecule has 28 heavy (non-hydrogen) atoms. The Balaban J connectivity index is 2.08. The molecule has 1 aromatic heterocycles. The first kappa shape index (κ1) is 22.2. The summed E-state index contributed by atoms with van der Waals surface area (Å²) in [4.78, 5) is 14.6. The predicted molar refractivity (Wildman–Crippen MR) is 114 cm³/mol. The minimum Gasteiger partial charge on any atom is -0.385 e. The number of hydrogen-bond donors (Lipinski definition) is 1. The number of ether oxygens (including phenoxy) is 1. The topological polar surface area (TPSA) is 70.3 Å². The van der Waals surface area contributed by atoms with Crippen molar-refractivity contribution in [3.63, 3.8) is 0 Å². The van der Waals surface area contributed by atoms with Crippen LogP contribution >= 0.6 is 15.9 Å². The van der Waals surface area contributed by atoms with Crippen molar-refractivity contribution in [2.24, 2.45) is 0 Å². The summed E-state index contributed by atoms with van der Waals surface area (Å²) in [6.45, 7) is 6.10. The molecule has 1 N–H and O–H groups in total. The number of aromatic nitrogens is 1. The number of halogens is 1. The number of nitrogens with one attached hydrogen (secondary N) is 1. The lowest BCUT2D eigenvalue weighted by Gasteiger charge is -2.18. The second-order valence-corrected chi connectivity index (χ2v) is 7.81. The molecule has 2 rings (SSSR count). The Labute approximate surface area is 175 Å². The normalized spacial score (nSPS) is 10.9. The van der Waals surface area contributed by atoms with Gasteiger partial charge in [0, 0.05) is 37.0 Å². The molecule has 0 atom stereocenters. The third kappa shape index (κ3) is 5.68. The van der Waals surface area contributed by atoms with Crippen molar-refractivity contribution in [3.05, 3.63) is 51.1 Å². The Morgan fingerprint density at radius 1 is 1.32 bits per heavy atom. The fourth-order valence-electron chi connectivity index (χ4n) is 3.15. The Hall–Kier alpha value is -2.14. The smallest absolute Gasteiger partial charge is 0.239 e. The highest BCUT2D eigenvalue weighted by Gasteiger charge is 2.20. The monoisotopic (exact) mass is 446 g/mol. The van der Waals surface area contributed by atoms with Crippen LogP contribution in [-0.4, -0.2) is 42.7 Å². The van der Waals surface area contributed by atoms with E-state index < -0.39 is 0 Å². The molecule has 6 nitrogen and oxygen atoms in total. The van der Waals surface area contributed by atoms with Gasteiger partial charge in [-0.2, -0.15) is 5.26 Å². The second-order valence-electron chi connectivity index (χ2n) is 6.89. The minimum atomic E-state index is -0.137. The molecular formula is C21H27BrN4O2. The van der Waals surface area contributed by atoms with Gasteiger partial charge in [-0.25, -0.2) is 0 Å². The maximum atomic E-state index is 12.6. The molecule has 150 valence electrons. The van der Waals surface area contributed by atoms with Crippen molar-refractivity contribution in [2.45, 2.75) is 33.4 Å². The molecule has 0 radical (unpaired) electrons. The number of methoxy groups -OCH3 is 1. The lowest BCUT2D eigenvalue weighted by Crippen LogP contribution is -2.30. The molecule has 0 saturated heterocycles. The average molecular weight is 447 g/mol. The van der Waals surface area contributed by atoms with Crippen molar-refractivity contribution in [1.29, 1.82) is 5.26 Å². The largest absolute Gasteiger partial charge is 0.385 e. The molecular weight excluding hydrogens is 420 g/mol. The average Bonchev–Trinajstić information content (AvgIpc) is 2.87. The summed E-state index contributed by atoms with van der Waals surface area (Å²) >= 11 is 3.43. The Kier molecular flexibility index (Phi) is 8.24. The van der Waals surface area contributed by atoms with Gasteiger partial charge in [-0.15, -0.1) is 0 Å². The van der Waals surface area contributed by atoms with Crippen LogP contribution in [0.2, 0.25) is 0 Å². The molecule has 0 saturated carbocycles. The predicted octanol–water partition coefficient (Wildman–Crippen LogP) is 3.85. The molecule has 0 aliphatic heterocycles. The van der Waals surface area contributed by atoms with Gasteiger partial charge in [0.1, 0.15) is 11.9 Å². The summed E-state index contributed by atoms with van der Waals surface area (Å²) in [5.41, 5.74) is 3.55. The highest BCUT2D eigenvalue weighted by molar-refractivity contribution is 9.10. The van der Waals surface area contributed by atoms with Crippen LogP contribution in [0.1, 0.15) is 28.8 Å². The standard InChI is InChI=1S/C21H27BrN4O2/c1-15-16(2)26(10-5-11-28-4)21(19(15)12-23)24-20(27)14-25(3)13-17-6-8-18(22)9-7-17/h6-9H,5,10-11,13-14H2,1-4H3,(H,24,27). The van der Waals surface area contributed by atoms with Gasteiger partial charge in [0.25, 0.3) is 0 Å². The third-order valence-corrected chi connectivity index (χ3v) is 5.24. The Morgan fingerprint density at radius 2 is 2.00 bits per heavy atom. The van der Waals surface area contributed by atoms with Crippen molar-refractivity contribution < 1.29 is 9.53 Å². The molecule has 0 aliphatic carbocycles. The highest BCUT2D eigenvalue weighted by Crippen LogP contribution is 2.26. The van der Waals surface area contributed by atoms with Crippen LogP contribution in [0.3, 0.4) is 0 Å². The minimum absolute atomic E-state index is 0.137. The maximum Gasteiger partial charge on any atom is 0.239 e. The maximum absolute atomic E-state index is 12.6. The molecule has 0 spiro atoms. The number of likely N-dealkylation sites (N-methyl/N-ethyl adjacent to an activating group) is 1. The van der Waals surface area contributed by atoms with E-state index in [1.54, 1.807) is 7.11 Å². The van der Waals surface area contributed by atoms with E-state index >= 15 is 0 Å². The molecule has 1 aromatic carbocycles.